The van der Waals surface area contributed by atoms with E-state index in [-0.39, 0.29) is 0 Å². The topological polar surface area (TPSA) is 48.3 Å². The van der Waals surface area contributed by atoms with E-state index in [4.69, 9.17) is 10.00 Å². The lowest BCUT2D eigenvalue weighted by molar-refractivity contribution is -0.160. The molecule has 1 fully saturated rings. The van der Waals surface area contributed by atoms with Crippen molar-refractivity contribution in [3.05, 3.63) is 0 Å². The standard InChI is InChI=1S/C8H12F3N3O/c9-8(10,11)7(5-12)6-13-14-1-3-15-4-2-14/h7,13H,1-4,6H2. The highest BCUT2D eigenvalue weighted by molar-refractivity contribution is 4.89. The van der Waals surface area contributed by atoms with E-state index in [0.717, 1.165) is 0 Å². The van der Waals surface area contributed by atoms with E-state index in [2.05, 4.69) is 5.43 Å². The first-order valence-electron chi connectivity index (χ1n) is 4.56. The van der Waals surface area contributed by atoms with Gasteiger partial charge < -0.3 is 4.74 Å². The summed E-state index contributed by atoms with van der Waals surface area (Å²) in [5.74, 6) is -1.96. The Morgan fingerprint density at radius 3 is 2.47 bits per heavy atom. The maximum absolute atomic E-state index is 12.2. The predicted molar refractivity (Wildman–Crippen MR) is 45.6 cm³/mol. The first kappa shape index (κ1) is 12.2. The highest BCUT2D eigenvalue weighted by Gasteiger charge is 2.39. The van der Waals surface area contributed by atoms with Gasteiger partial charge in [0.2, 0.25) is 0 Å². The lowest BCUT2D eigenvalue weighted by atomic mass is 10.2. The molecule has 1 heterocycles. The second-order valence-electron chi connectivity index (χ2n) is 3.18. The monoisotopic (exact) mass is 223 g/mol. The molecule has 0 aromatic rings. The molecule has 4 nitrogen and oxygen atoms in total. The van der Waals surface area contributed by atoms with Gasteiger partial charge in [-0.05, 0) is 0 Å². The summed E-state index contributed by atoms with van der Waals surface area (Å²) in [6.45, 7) is 1.67. The molecule has 0 amide bonds. The fraction of sp³-hybridized carbons (Fsp3) is 0.875. The minimum absolute atomic E-state index is 0.403. The van der Waals surface area contributed by atoms with Crippen molar-refractivity contribution in [3.63, 3.8) is 0 Å². The minimum Gasteiger partial charge on any atom is -0.379 e. The van der Waals surface area contributed by atoms with Crippen molar-refractivity contribution in [2.24, 2.45) is 5.92 Å². The van der Waals surface area contributed by atoms with Gasteiger partial charge in [0.05, 0.1) is 19.3 Å². The molecule has 0 spiro atoms. The van der Waals surface area contributed by atoms with Crippen LogP contribution in [0.5, 0.6) is 0 Å². The zero-order valence-electron chi connectivity index (χ0n) is 8.05. The number of hydrogen-bond donors (Lipinski definition) is 1. The van der Waals surface area contributed by atoms with E-state index >= 15 is 0 Å². The lowest BCUT2D eigenvalue weighted by Crippen LogP contribution is -2.48. The van der Waals surface area contributed by atoms with Crippen LogP contribution < -0.4 is 5.43 Å². The maximum atomic E-state index is 12.2. The number of rotatable bonds is 3. The molecule has 0 radical (unpaired) electrons. The third-order valence-electron chi connectivity index (χ3n) is 2.08. The highest BCUT2D eigenvalue weighted by Crippen LogP contribution is 2.24. The highest BCUT2D eigenvalue weighted by atomic mass is 19.4. The molecule has 86 valence electrons. The quantitative estimate of drug-likeness (QED) is 0.758. The second-order valence-corrected chi connectivity index (χ2v) is 3.18. The van der Waals surface area contributed by atoms with Crippen LogP contribution in [0.1, 0.15) is 0 Å². The Hall–Kier alpha value is -0.840. The maximum Gasteiger partial charge on any atom is 0.405 e. The summed E-state index contributed by atoms with van der Waals surface area (Å²) in [6, 6.07) is 1.24. The van der Waals surface area contributed by atoms with Gasteiger partial charge in [-0.15, -0.1) is 0 Å². The van der Waals surface area contributed by atoms with Crippen molar-refractivity contribution < 1.29 is 17.9 Å². The Labute approximate surface area is 85.6 Å². The summed E-state index contributed by atoms with van der Waals surface area (Å²) in [6.07, 6.45) is -4.46. The van der Waals surface area contributed by atoms with Crippen LogP contribution in [-0.2, 0) is 4.74 Å². The van der Waals surface area contributed by atoms with Gasteiger partial charge in [0, 0.05) is 19.6 Å². The summed E-state index contributed by atoms with van der Waals surface area (Å²) in [5, 5.41) is 9.98. The number of alkyl halides is 3. The number of nitrogens with one attached hydrogen (secondary N) is 1. The number of hydrogen-bond acceptors (Lipinski definition) is 4. The van der Waals surface area contributed by atoms with Gasteiger partial charge in [0.1, 0.15) is 0 Å². The molecule has 1 saturated heterocycles. The van der Waals surface area contributed by atoms with Crippen LogP contribution in [-0.4, -0.2) is 44.0 Å². The number of hydrazine groups is 1. The second kappa shape index (κ2) is 5.30. The van der Waals surface area contributed by atoms with Gasteiger partial charge in [-0.25, -0.2) is 5.01 Å². The van der Waals surface area contributed by atoms with E-state index in [1.807, 2.05) is 0 Å². The molecular formula is C8H12F3N3O. The number of ether oxygens (including phenoxy) is 1. The summed E-state index contributed by atoms with van der Waals surface area (Å²) in [7, 11) is 0. The van der Waals surface area contributed by atoms with E-state index in [1.54, 1.807) is 5.01 Å². The number of morpholine rings is 1. The molecule has 0 bridgehead atoms. The van der Waals surface area contributed by atoms with Crippen LogP contribution in [0.3, 0.4) is 0 Å². The van der Waals surface area contributed by atoms with Crippen molar-refractivity contribution in [3.8, 4) is 6.07 Å². The predicted octanol–water partition coefficient (Wildman–Crippen LogP) is 0.525. The normalized spacial score (nSPS) is 20.9. The van der Waals surface area contributed by atoms with E-state index in [1.165, 1.54) is 6.07 Å². The largest absolute Gasteiger partial charge is 0.405 e. The Balaban J connectivity index is 2.31. The van der Waals surface area contributed by atoms with Crippen LogP contribution >= 0.6 is 0 Å². The van der Waals surface area contributed by atoms with E-state index < -0.39 is 18.6 Å². The molecule has 7 heteroatoms. The fourth-order valence-electron chi connectivity index (χ4n) is 1.18. The number of halogens is 3. The molecule has 1 aliphatic heterocycles. The molecule has 0 aliphatic carbocycles. The van der Waals surface area contributed by atoms with Gasteiger partial charge in [-0.2, -0.15) is 18.4 Å². The summed E-state index contributed by atoms with van der Waals surface area (Å²) in [4.78, 5) is 0. The Morgan fingerprint density at radius 2 is 2.00 bits per heavy atom. The first-order valence-corrected chi connectivity index (χ1v) is 4.56. The van der Waals surface area contributed by atoms with Crippen molar-refractivity contribution in [1.82, 2.24) is 10.4 Å². The minimum atomic E-state index is -4.46. The molecule has 1 unspecified atom stereocenters. The average Bonchev–Trinajstić information content (AvgIpc) is 2.18. The van der Waals surface area contributed by atoms with Crippen LogP contribution in [0.4, 0.5) is 13.2 Å². The zero-order valence-corrected chi connectivity index (χ0v) is 8.05. The third-order valence-corrected chi connectivity index (χ3v) is 2.08. The Bertz CT molecular complexity index is 232. The molecule has 1 atom stereocenters. The molecule has 0 aromatic heterocycles. The van der Waals surface area contributed by atoms with Crippen LogP contribution in [0.25, 0.3) is 0 Å². The number of nitrogens with zero attached hydrogens (tertiary/aromatic N) is 2. The molecule has 1 rings (SSSR count). The van der Waals surface area contributed by atoms with Crippen molar-refractivity contribution in [2.45, 2.75) is 6.18 Å². The van der Waals surface area contributed by atoms with Gasteiger partial charge in [-0.3, -0.25) is 5.43 Å². The van der Waals surface area contributed by atoms with Gasteiger partial charge >= 0.3 is 6.18 Å². The number of nitriles is 1. The SMILES string of the molecule is N#CC(CNN1CCOCC1)C(F)(F)F. The smallest absolute Gasteiger partial charge is 0.379 e. The first-order chi connectivity index (χ1) is 7.04. The van der Waals surface area contributed by atoms with Gasteiger partial charge in [0.15, 0.2) is 5.92 Å². The van der Waals surface area contributed by atoms with Crippen molar-refractivity contribution in [1.29, 1.82) is 5.26 Å². The molecule has 15 heavy (non-hydrogen) atoms. The fourth-order valence-corrected chi connectivity index (χ4v) is 1.18. The van der Waals surface area contributed by atoms with Gasteiger partial charge in [0.25, 0.3) is 0 Å². The van der Waals surface area contributed by atoms with Gasteiger partial charge in [-0.1, -0.05) is 0 Å². The van der Waals surface area contributed by atoms with E-state index in [9.17, 15) is 13.2 Å². The molecule has 1 aliphatic rings. The molecular weight excluding hydrogens is 211 g/mol. The molecule has 0 saturated carbocycles. The molecule has 1 N–H and O–H groups in total. The summed E-state index contributed by atoms with van der Waals surface area (Å²) in [5.41, 5.74) is 2.59. The van der Waals surface area contributed by atoms with Crippen LogP contribution in [0, 0.1) is 17.2 Å². The zero-order chi connectivity index (χ0) is 11.3. The lowest BCUT2D eigenvalue weighted by Gasteiger charge is -2.28. The van der Waals surface area contributed by atoms with Crippen molar-refractivity contribution >= 4 is 0 Å². The van der Waals surface area contributed by atoms with E-state index in [0.29, 0.717) is 26.3 Å². The Kier molecular flexibility index (Phi) is 4.32. The molecule has 0 aromatic carbocycles. The third kappa shape index (κ3) is 4.03. The Morgan fingerprint density at radius 1 is 1.40 bits per heavy atom. The van der Waals surface area contributed by atoms with Crippen LogP contribution in [0.15, 0.2) is 0 Å². The average molecular weight is 223 g/mol. The summed E-state index contributed by atoms with van der Waals surface area (Å²) >= 11 is 0. The summed E-state index contributed by atoms with van der Waals surface area (Å²) < 4.78 is 41.5. The van der Waals surface area contributed by atoms with Crippen LogP contribution in [0.2, 0.25) is 0 Å². The van der Waals surface area contributed by atoms with Crippen molar-refractivity contribution in [2.75, 3.05) is 32.8 Å².